The first kappa shape index (κ1) is 12.1. The molecule has 1 aromatic carbocycles. The van der Waals surface area contributed by atoms with Crippen molar-refractivity contribution in [2.24, 2.45) is 5.73 Å². The van der Waals surface area contributed by atoms with E-state index in [2.05, 4.69) is 0 Å². The van der Waals surface area contributed by atoms with Gasteiger partial charge in [-0.2, -0.15) is 0 Å². The normalized spacial score (nSPS) is 12.7. The van der Waals surface area contributed by atoms with Crippen molar-refractivity contribution < 1.29 is 8.81 Å². The van der Waals surface area contributed by atoms with Gasteiger partial charge in [0.25, 0.3) is 0 Å². The van der Waals surface area contributed by atoms with Crippen LogP contribution in [0.15, 0.2) is 34.7 Å². The van der Waals surface area contributed by atoms with Gasteiger partial charge < -0.3 is 10.2 Å². The van der Waals surface area contributed by atoms with Crippen molar-refractivity contribution in [3.05, 3.63) is 58.3 Å². The zero-order valence-corrected chi connectivity index (χ0v) is 10.2. The predicted molar refractivity (Wildman–Crippen MR) is 65.5 cm³/mol. The second-order valence-electron chi connectivity index (χ2n) is 3.97. The minimum Gasteiger partial charge on any atom is -0.465 e. The maximum atomic E-state index is 13.2. The highest BCUT2D eigenvalue weighted by molar-refractivity contribution is 6.31. The second kappa shape index (κ2) is 4.90. The molecule has 0 aliphatic rings. The van der Waals surface area contributed by atoms with Crippen LogP contribution in [0.2, 0.25) is 5.02 Å². The molecule has 0 amide bonds. The van der Waals surface area contributed by atoms with Crippen molar-refractivity contribution in [1.82, 2.24) is 0 Å². The van der Waals surface area contributed by atoms with E-state index in [-0.39, 0.29) is 11.1 Å². The lowest BCUT2D eigenvalue weighted by Gasteiger charge is -2.10. The van der Waals surface area contributed by atoms with Crippen LogP contribution in [-0.4, -0.2) is 0 Å². The summed E-state index contributed by atoms with van der Waals surface area (Å²) in [6.45, 7) is 1.85. The third-order valence-electron chi connectivity index (χ3n) is 2.60. The Bertz CT molecular complexity index is 524. The average Bonchev–Trinajstić information content (AvgIpc) is 2.72. The number of benzene rings is 1. The van der Waals surface area contributed by atoms with Gasteiger partial charge in [-0.15, -0.1) is 0 Å². The zero-order valence-electron chi connectivity index (χ0n) is 9.41. The van der Waals surface area contributed by atoms with Crippen molar-refractivity contribution in [2.75, 3.05) is 0 Å². The highest BCUT2D eigenvalue weighted by atomic mass is 35.5. The Morgan fingerprint density at radius 3 is 2.76 bits per heavy atom. The maximum absolute atomic E-state index is 13.2. The van der Waals surface area contributed by atoms with Gasteiger partial charge in [0.2, 0.25) is 0 Å². The van der Waals surface area contributed by atoms with Crippen LogP contribution in [0.3, 0.4) is 0 Å². The van der Waals surface area contributed by atoms with Crippen molar-refractivity contribution in [2.45, 2.75) is 19.4 Å². The van der Waals surface area contributed by atoms with Crippen LogP contribution < -0.4 is 5.73 Å². The summed E-state index contributed by atoms with van der Waals surface area (Å²) in [7, 11) is 0. The summed E-state index contributed by atoms with van der Waals surface area (Å²) in [5.41, 5.74) is 6.67. The van der Waals surface area contributed by atoms with E-state index in [1.54, 1.807) is 12.1 Å². The Hall–Kier alpha value is -1.32. The van der Waals surface area contributed by atoms with Crippen molar-refractivity contribution in [3.63, 3.8) is 0 Å². The van der Waals surface area contributed by atoms with Crippen LogP contribution in [0, 0.1) is 12.7 Å². The highest BCUT2D eigenvalue weighted by Crippen LogP contribution is 2.25. The molecule has 0 aliphatic heterocycles. The van der Waals surface area contributed by atoms with E-state index in [0.717, 1.165) is 5.76 Å². The molecular formula is C13H13ClFNO. The van der Waals surface area contributed by atoms with Gasteiger partial charge in [0.15, 0.2) is 0 Å². The summed E-state index contributed by atoms with van der Waals surface area (Å²) >= 11 is 5.87. The number of furan rings is 1. The number of aryl methyl sites for hydroxylation is 1. The van der Waals surface area contributed by atoms with Gasteiger partial charge in [-0.1, -0.05) is 23.7 Å². The predicted octanol–water partition coefficient (Wildman–Crippen LogP) is 3.62. The molecule has 2 aromatic rings. The van der Waals surface area contributed by atoms with Gasteiger partial charge in [0.05, 0.1) is 11.1 Å². The van der Waals surface area contributed by atoms with Crippen molar-refractivity contribution in [3.8, 4) is 0 Å². The molecule has 17 heavy (non-hydrogen) atoms. The first-order chi connectivity index (χ1) is 8.08. The molecule has 0 fully saturated rings. The SMILES string of the molecule is Cc1ccc(C(N)Cc2cccc(F)c2Cl)o1. The smallest absolute Gasteiger partial charge is 0.142 e. The average molecular weight is 254 g/mol. The Labute approximate surface area is 104 Å². The van der Waals surface area contributed by atoms with Gasteiger partial charge in [0.1, 0.15) is 17.3 Å². The molecule has 1 unspecified atom stereocenters. The molecule has 0 saturated carbocycles. The van der Waals surface area contributed by atoms with Gasteiger partial charge in [-0.25, -0.2) is 4.39 Å². The van der Waals surface area contributed by atoms with Crippen LogP contribution >= 0.6 is 11.6 Å². The molecule has 0 spiro atoms. The molecule has 2 nitrogen and oxygen atoms in total. The Morgan fingerprint density at radius 1 is 1.35 bits per heavy atom. The Kier molecular flexibility index (Phi) is 3.50. The Morgan fingerprint density at radius 2 is 2.12 bits per heavy atom. The van der Waals surface area contributed by atoms with Crippen LogP contribution in [0.5, 0.6) is 0 Å². The zero-order chi connectivity index (χ0) is 12.4. The van der Waals surface area contributed by atoms with Gasteiger partial charge in [0, 0.05) is 0 Å². The summed E-state index contributed by atoms with van der Waals surface area (Å²) < 4.78 is 18.7. The third-order valence-corrected chi connectivity index (χ3v) is 3.02. The van der Waals surface area contributed by atoms with Crippen LogP contribution in [0.25, 0.3) is 0 Å². The topological polar surface area (TPSA) is 39.2 Å². The minimum absolute atomic E-state index is 0.131. The van der Waals surface area contributed by atoms with Crippen LogP contribution in [0.4, 0.5) is 4.39 Å². The number of halogens is 2. The maximum Gasteiger partial charge on any atom is 0.142 e. The molecule has 1 heterocycles. The van der Waals surface area contributed by atoms with E-state index in [1.807, 2.05) is 19.1 Å². The summed E-state index contributed by atoms with van der Waals surface area (Å²) in [5.74, 6) is 1.07. The van der Waals surface area contributed by atoms with E-state index >= 15 is 0 Å². The van der Waals surface area contributed by atoms with Crippen LogP contribution in [0.1, 0.15) is 23.1 Å². The first-order valence-corrected chi connectivity index (χ1v) is 5.70. The monoisotopic (exact) mass is 253 g/mol. The van der Waals surface area contributed by atoms with Crippen molar-refractivity contribution in [1.29, 1.82) is 0 Å². The molecule has 90 valence electrons. The van der Waals surface area contributed by atoms with E-state index in [9.17, 15) is 4.39 Å². The minimum atomic E-state index is -0.424. The third kappa shape index (κ3) is 2.68. The largest absolute Gasteiger partial charge is 0.465 e. The molecule has 1 aromatic heterocycles. The number of rotatable bonds is 3. The molecule has 0 radical (unpaired) electrons. The number of hydrogen-bond donors (Lipinski definition) is 1. The molecule has 0 aliphatic carbocycles. The molecule has 1 atom stereocenters. The molecule has 0 bridgehead atoms. The summed E-state index contributed by atoms with van der Waals surface area (Å²) in [6, 6.07) is 8.07. The molecule has 2 N–H and O–H groups in total. The van der Waals surface area contributed by atoms with Crippen LogP contribution in [-0.2, 0) is 6.42 Å². The lowest BCUT2D eigenvalue weighted by molar-refractivity contribution is 0.444. The fourth-order valence-corrected chi connectivity index (χ4v) is 1.90. The van der Waals surface area contributed by atoms with Crippen molar-refractivity contribution >= 4 is 11.6 Å². The molecule has 2 rings (SSSR count). The van der Waals surface area contributed by atoms with E-state index in [1.165, 1.54) is 6.07 Å². The summed E-state index contributed by atoms with van der Waals surface area (Å²) in [6.07, 6.45) is 0.448. The number of hydrogen-bond acceptors (Lipinski definition) is 2. The standard InChI is InChI=1S/C13H13ClFNO/c1-8-5-6-12(17-8)11(16)7-9-3-2-4-10(15)13(9)14/h2-6,11H,7,16H2,1H3. The molecule has 4 heteroatoms. The quantitative estimate of drug-likeness (QED) is 0.907. The van der Waals surface area contributed by atoms with E-state index in [4.69, 9.17) is 21.8 Å². The van der Waals surface area contributed by atoms with Gasteiger partial charge in [-0.05, 0) is 37.1 Å². The van der Waals surface area contributed by atoms with Gasteiger partial charge in [-0.3, -0.25) is 0 Å². The fourth-order valence-electron chi connectivity index (χ4n) is 1.70. The second-order valence-corrected chi connectivity index (χ2v) is 4.35. The lowest BCUT2D eigenvalue weighted by Crippen LogP contribution is -2.13. The van der Waals surface area contributed by atoms with E-state index < -0.39 is 5.82 Å². The summed E-state index contributed by atoms with van der Waals surface area (Å²) in [4.78, 5) is 0. The van der Waals surface area contributed by atoms with E-state index in [0.29, 0.717) is 17.7 Å². The highest BCUT2D eigenvalue weighted by Gasteiger charge is 2.14. The Balaban J connectivity index is 2.18. The van der Waals surface area contributed by atoms with Gasteiger partial charge >= 0.3 is 0 Å². The molecular weight excluding hydrogens is 241 g/mol. The molecule has 0 saturated heterocycles. The first-order valence-electron chi connectivity index (χ1n) is 5.32. The number of nitrogens with two attached hydrogens (primary N) is 1. The summed E-state index contributed by atoms with van der Waals surface area (Å²) in [5, 5.41) is 0.131. The lowest BCUT2D eigenvalue weighted by atomic mass is 10.0. The fraction of sp³-hybridized carbons (Fsp3) is 0.231.